The first-order valence-electron chi connectivity index (χ1n) is 5.02. The van der Waals surface area contributed by atoms with E-state index in [0.717, 1.165) is 0 Å². The van der Waals surface area contributed by atoms with Crippen LogP contribution in [0.25, 0.3) is 0 Å². The maximum Gasteiger partial charge on any atom is 0.278 e. The second-order valence-corrected chi connectivity index (χ2v) is 5.64. The lowest BCUT2D eigenvalue weighted by atomic mass is 10.2. The van der Waals surface area contributed by atoms with Gasteiger partial charge in [0.1, 0.15) is 0 Å². The van der Waals surface area contributed by atoms with Crippen molar-refractivity contribution >= 4 is 33.2 Å². The Morgan fingerprint density at radius 1 is 1.37 bits per heavy atom. The highest BCUT2D eigenvalue weighted by atomic mass is 35.5. The van der Waals surface area contributed by atoms with Gasteiger partial charge in [0.2, 0.25) is 5.91 Å². The van der Waals surface area contributed by atoms with Crippen LogP contribution in [0.4, 0.5) is 5.69 Å². The molecule has 1 aromatic carbocycles. The number of aromatic amines is 1. The van der Waals surface area contributed by atoms with E-state index in [1.165, 1.54) is 30.5 Å². The van der Waals surface area contributed by atoms with Crippen molar-refractivity contribution in [3.63, 3.8) is 0 Å². The smallest absolute Gasteiger partial charge is 0.278 e. The molecule has 2 rings (SSSR count). The number of anilines is 1. The molecule has 7 nitrogen and oxygen atoms in total. The van der Waals surface area contributed by atoms with Gasteiger partial charge in [-0.2, -0.15) is 13.5 Å². The highest BCUT2D eigenvalue weighted by Crippen LogP contribution is 2.25. The summed E-state index contributed by atoms with van der Waals surface area (Å²) in [7, 11) is -3.84. The van der Waals surface area contributed by atoms with E-state index >= 15 is 0 Å². The van der Waals surface area contributed by atoms with Crippen LogP contribution in [0.5, 0.6) is 0 Å². The molecule has 1 amide bonds. The molecule has 1 heterocycles. The van der Waals surface area contributed by atoms with E-state index in [9.17, 15) is 13.2 Å². The van der Waals surface area contributed by atoms with Crippen molar-refractivity contribution in [3.05, 3.63) is 41.0 Å². The topological polar surface area (TPSA) is 118 Å². The summed E-state index contributed by atoms with van der Waals surface area (Å²) in [6.07, 6.45) is 1.30. The Morgan fingerprint density at radius 2 is 2.11 bits per heavy atom. The van der Waals surface area contributed by atoms with Crippen molar-refractivity contribution in [1.29, 1.82) is 0 Å². The van der Waals surface area contributed by atoms with E-state index in [0.29, 0.717) is 0 Å². The van der Waals surface area contributed by atoms with Crippen molar-refractivity contribution < 1.29 is 13.2 Å². The van der Waals surface area contributed by atoms with Crippen LogP contribution in [0, 0.1) is 0 Å². The molecule has 0 unspecified atom stereocenters. The predicted octanol–water partition coefficient (Wildman–Crippen LogP) is 0.963. The van der Waals surface area contributed by atoms with E-state index < -0.39 is 15.9 Å². The summed E-state index contributed by atoms with van der Waals surface area (Å²) < 4.78 is 26.1. The fraction of sp³-hybridized carbons (Fsp3) is 0. The van der Waals surface area contributed by atoms with Gasteiger partial charge in [0.15, 0.2) is 5.03 Å². The number of nitrogens with two attached hydrogens (primary N) is 1. The number of carbonyl (C=O) groups excluding carboxylic acids is 1. The molecule has 0 aliphatic rings. The quantitative estimate of drug-likeness (QED) is 0.779. The molecule has 0 atom stereocenters. The molecule has 0 saturated heterocycles. The number of nitrogens with one attached hydrogen (secondary N) is 2. The molecule has 0 fully saturated rings. The minimum Gasteiger partial charge on any atom is -0.366 e. The van der Waals surface area contributed by atoms with Crippen LogP contribution in [0.3, 0.4) is 0 Å². The van der Waals surface area contributed by atoms with Crippen LogP contribution >= 0.6 is 11.6 Å². The number of rotatable bonds is 4. The maximum absolute atomic E-state index is 11.9. The number of primary amides is 1. The van der Waals surface area contributed by atoms with Gasteiger partial charge >= 0.3 is 0 Å². The monoisotopic (exact) mass is 300 g/mol. The molecule has 2 aromatic rings. The number of aromatic nitrogens is 2. The minimum atomic E-state index is -3.84. The average molecular weight is 301 g/mol. The summed E-state index contributed by atoms with van der Waals surface area (Å²) in [6, 6.07) is 5.33. The van der Waals surface area contributed by atoms with Gasteiger partial charge in [-0.1, -0.05) is 11.6 Å². The minimum absolute atomic E-state index is 0.0626. The second kappa shape index (κ2) is 4.90. The zero-order valence-corrected chi connectivity index (χ0v) is 11.0. The summed E-state index contributed by atoms with van der Waals surface area (Å²) in [6.45, 7) is 0. The summed E-state index contributed by atoms with van der Waals surface area (Å²) in [5, 5.41) is 5.90. The first-order valence-corrected chi connectivity index (χ1v) is 6.88. The number of hydrogen-bond acceptors (Lipinski definition) is 4. The van der Waals surface area contributed by atoms with Crippen LogP contribution in [0.2, 0.25) is 5.02 Å². The molecule has 0 aliphatic carbocycles. The molecule has 0 spiro atoms. The molecule has 9 heteroatoms. The van der Waals surface area contributed by atoms with Crippen molar-refractivity contribution in [2.24, 2.45) is 5.73 Å². The molecule has 0 aliphatic heterocycles. The highest BCUT2D eigenvalue weighted by Gasteiger charge is 2.17. The number of nitrogens with zero attached hydrogens (tertiary/aromatic N) is 1. The van der Waals surface area contributed by atoms with Crippen LogP contribution in [0.15, 0.2) is 35.5 Å². The Bertz CT molecular complexity index is 712. The highest BCUT2D eigenvalue weighted by molar-refractivity contribution is 7.92. The normalized spacial score (nSPS) is 11.2. The van der Waals surface area contributed by atoms with Crippen molar-refractivity contribution in [3.8, 4) is 0 Å². The van der Waals surface area contributed by atoms with Gasteiger partial charge < -0.3 is 5.73 Å². The van der Waals surface area contributed by atoms with Gasteiger partial charge in [0.05, 0.1) is 16.9 Å². The Morgan fingerprint density at radius 3 is 2.68 bits per heavy atom. The third kappa shape index (κ3) is 2.85. The van der Waals surface area contributed by atoms with Crippen molar-refractivity contribution in [2.75, 3.05) is 4.72 Å². The molecular weight excluding hydrogens is 292 g/mol. The van der Waals surface area contributed by atoms with Crippen LogP contribution in [-0.2, 0) is 10.0 Å². The van der Waals surface area contributed by atoms with Gasteiger partial charge in [-0.3, -0.25) is 14.6 Å². The largest absolute Gasteiger partial charge is 0.366 e. The molecule has 0 saturated carbocycles. The summed E-state index contributed by atoms with van der Waals surface area (Å²) >= 11 is 5.86. The number of amides is 1. The van der Waals surface area contributed by atoms with Gasteiger partial charge in [-0.05, 0) is 24.3 Å². The third-order valence-corrected chi connectivity index (χ3v) is 3.88. The lowest BCUT2D eigenvalue weighted by Crippen LogP contribution is -2.15. The number of H-pyrrole nitrogens is 1. The van der Waals surface area contributed by atoms with Crippen LogP contribution in [-0.4, -0.2) is 24.5 Å². The maximum atomic E-state index is 11.9. The standard InChI is InChI=1S/C10H9ClN4O3S/c11-7-2-1-6(10(12)16)5-8(7)15-19(17,18)9-3-4-13-14-9/h1-5,15H,(H2,12,16)(H,13,14). The van der Waals surface area contributed by atoms with Crippen molar-refractivity contribution in [2.45, 2.75) is 5.03 Å². The number of sulfonamides is 1. The lowest BCUT2D eigenvalue weighted by molar-refractivity contribution is 0.100. The van der Waals surface area contributed by atoms with Gasteiger partial charge in [-0.25, -0.2) is 0 Å². The molecule has 19 heavy (non-hydrogen) atoms. The number of benzene rings is 1. The summed E-state index contributed by atoms with van der Waals surface area (Å²) in [4.78, 5) is 11.0. The van der Waals surface area contributed by atoms with Gasteiger partial charge in [-0.15, -0.1) is 0 Å². The summed E-state index contributed by atoms with van der Waals surface area (Å²) in [5.74, 6) is -0.682. The van der Waals surface area contributed by atoms with Crippen molar-refractivity contribution in [1.82, 2.24) is 10.2 Å². The third-order valence-electron chi connectivity index (χ3n) is 2.26. The molecule has 4 N–H and O–H groups in total. The van der Waals surface area contributed by atoms with E-state index in [1.807, 2.05) is 0 Å². The molecular formula is C10H9ClN4O3S. The average Bonchev–Trinajstić information content (AvgIpc) is 2.85. The van der Waals surface area contributed by atoms with Gasteiger partial charge in [0.25, 0.3) is 10.0 Å². The lowest BCUT2D eigenvalue weighted by Gasteiger charge is -2.09. The fourth-order valence-corrected chi connectivity index (χ4v) is 2.55. The first-order chi connectivity index (χ1) is 8.90. The van der Waals surface area contributed by atoms with Gasteiger partial charge in [0, 0.05) is 5.56 Å². The summed E-state index contributed by atoms with van der Waals surface area (Å²) in [5.41, 5.74) is 5.32. The van der Waals surface area contributed by atoms with Crippen LogP contribution in [0.1, 0.15) is 10.4 Å². The van der Waals surface area contributed by atoms with E-state index in [2.05, 4.69) is 14.9 Å². The molecule has 100 valence electrons. The first kappa shape index (κ1) is 13.4. The Hall–Kier alpha value is -2.06. The van der Waals surface area contributed by atoms with Crippen LogP contribution < -0.4 is 10.5 Å². The SMILES string of the molecule is NC(=O)c1ccc(Cl)c(NS(=O)(=O)c2ccn[nH]2)c1. The number of carbonyl (C=O) groups is 1. The van der Waals surface area contributed by atoms with E-state index in [-0.39, 0.29) is 21.3 Å². The predicted molar refractivity (Wildman–Crippen MR) is 69.4 cm³/mol. The zero-order valence-electron chi connectivity index (χ0n) is 9.42. The molecule has 1 aromatic heterocycles. The number of hydrogen-bond donors (Lipinski definition) is 3. The van der Waals surface area contributed by atoms with E-state index in [4.69, 9.17) is 17.3 Å². The molecule has 0 bridgehead atoms. The Kier molecular flexibility index (Phi) is 3.45. The zero-order chi connectivity index (χ0) is 14.0. The number of halogens is 1. The fourth-order valence-electron chi connectivity index (χ4n) is 1.35. The Balaban J connectivity index is 2.39. The Labute approximate surface area is 113 Å². The second-order valence-electron chi connectivity index (χ2n) is 3.59. The van der Waals surface area contributed by atoms with E-state index in [1.54, 1.807) is 0 Å². The molecule has 0 radical (unpaired) electrons.